The standard InChI is InChI=1S/C13H14ClN3/c14-11-4-1-5-12(13(11)15)17-8-6-10-3-2-7-16-9-10/h1-5,7,9,17H,6,8,15H2. The average molecular weight is 248 g/mol. The minimum atomic E-state index is 0.580. The Bertz CT molecular complexity index is 485. The van der Waals surface area contributed by atoms with Gasteiger partial charge in [0.1, 0.15) is 0 Å². The number of pyridine rings is 1. The summed E-state index contributed by atoms with van der Waals surface area (Å²) < 4.78 is 0. The number of nitrogens with two attached hydrogens (primary N) is 1. The zero-order chi connectivity index (χ0) is 12.1. The molecule has 1 aromatic heterocycles. The number of anilines is 2. The van der Waals surface area contributed by atoms with E-state index in [1.807, 2.05) is 24.4 Å². The first-order valence-corrected chi connectivity index (χ1v) is 5.82. The number of hydrogen-bond acceptors (Lipinski definition) is 3. The summed E-state index contributed by atoms with van der Waals surface area (Å²) in [6.45, 7) is 0.802. The van der Waals surface area contributed by atoms with Gasteiger partial charge in [-0.05, 0) is 30.2 Å². The third-order valence-corrected chi connectivity index (χ3v) is 2.83. The summed E-state index contributed by atoms with van der Waals surface area (Å²) in [5, 5.41) is 3.84. The molecule has 3 N–H and O–H groups in total. The molecule has 0 unspecified atom stereocenters. The van der Waals surface area contributed by atoms with Crippen LogP contribution >= 0.6 is 11.6 Å². The summed E-state index contributed by atoms with van der Waals surface area (Å²) in [7, 11) is 0. The molecule has 0 aliphatic carbocycles. The quantitative estimate of drug-likeness (QED) is 0.817. The number of benzene rings is 1. The molecular formula is C13H14ClN3. The topological polar surface area (TPSA) is 50.9 Å². The highest BCUT2D eigenvalue weighted by Gasteiger charge is 2.01. The highest BCUT2D eigenvalue weighted by molar-refractivity contribution is 6.33. The van der Waals surface area contributed by atoms with Crippen LogP contribution in [0.5, 0.6) is 0 Å². The molecule has 0 spiro atoms. The number of aromatic nitrogens is 1. The predicted molar refractivity (Wildman–Crippen MR) is 72.3 cm³/mol. The van der Waals surface area contributed by atoms with Gasteiger partial charge in [0.15, 0.2) is 0 Å². The predicted octanol–water partition coefficient (Wildman–Crippen LogP) is 2.97. The van der Waals surface area contributed by atoms with Crippen molar-refractivity contribution in [2.24, 2.45) is 0 Å². The van der Waals surface area contributed by atoms with Crippen LogP contribution in [0.1, 0.15) is 5.56 Å². The Morgan fingerprint density at radius 1 is 1.24 bits per heavy atom. The molecule has 1 heterocycles. The largest absolute Gasteiger partial charge is 0.396 e. The molecule has 0 saturated heterocycles. The number of nitrogen functional groups attached to an aromatic ring is 1. The van der Waals surface area contributed by atoms with Crippen molar-refractivity contribution in [3.8, 4) is 0 Å². The van der Waals surface area contributed by atoms with Crippen molar-refractivity contribution in [3.05, 3.63) is 53.3 Å². The van der Waals surface area contributed by atoms with E-state index in [1.165, 1.54) is 5.56 Å². The fraction of sp³-hybridized carbons (Fsp3) is 0.154. The summed E-state index contributed by atoms with van der Waals surface area (Å²) in [5.74, 6) is 0. The van der Waals surface area contributed by atoms with Gasteiger partial charge in [-0.25, -0.2) is 0 Å². The van der Waals surface area contributed by atoms with Crippen molar-refractivity contribution in [3.63, 3.8) is 0 Å². The lowest BCUT2D eigenvalue weighted by Gasteiger charge is -2.10. The van der Waals surface area contributed by atoms with Crippen LogP contribution in [0.4, 0.5) is 11.4 Å². The van der Waals surface area contributed by atoms with Crippen molar-refractivity contribution in [1.29, 1.82) is 0 Å². The SMILES string of the molecule is Nc1c(Cl)cccc1NCCc1cccnc1. The lowest BCUT2D eigenvalue weighted by atomic mass is 10.2. The molecule has 2 aromatic rings. The number of nitrogens with zero attached hydrogens (tertiary/aromatic N) is 1. The molecular weight excluding hydrogens is 234 g/mol. The van der Waals surface area contributed by atoms with Gasteiger partial charge in [0.25, 0.3) is 0 Å². The lowest BCUT2D eigenvalue weighted by molar-refractivity contribution is 1.01. The molecule has 0 bridgehead atoms. The normalized spacial score (nSPS) is 10.2. The van der Waals surface area contributed by atoms with E-state index in [4.69, 9.17) is 17.3 Å². The van der Waals surface area contributed by atoms with E-state index in [-0.39, 0.29) is 0 Å². The first-order chi connectivity index (χ1) is 8.27. The van der Waals surface area contributed by atoms with Gasteiger partial charge in [-0.2, -0.15) is 0 Å². The van der Waals surface area contributed by atoms with Gasteiger partial charge in [-0.1, -0.05) is 23.7 Å². The van der Waals surface area contributed by atoms with Crippen molar-refractivity contribution < 1.29 is 0 Å². The number of nitrogens with one attached hydrogen (secondary N) is 1. The summed E-state index contributed by atoms with van der Waals surface area (Å²) in [6, 6.07) is 9.57. The second kappa shape index (κ2) is 5.55. The van der Waals surface area contributed by atoms with E-state index >= 15 is 0 Å². The van der Waals surface area contributed by atoms with Gasteiger partial charge >= 0.3 is 0 Å². The molecule has 2 rings (SSSR count). The van der Waals surface area contributed by atoms with Crippen molar-refractivity contribution in [2.45, 2.75) is 6.42 Å². The molecule has 3 nitrogen and oxygen atoms in total. The highest BCUT2D eigenvalue weighted by atomic mass is 35.5. The molecule has 0 atom stereocenters. The lowest BCUT2D eigenvalue weighted by Crippen LogP contribution is -2.07. The summed E-state index contributed by atoms with van der Waals surface area (Å²) in [6.07, 6.45) is 4.54. The highest BCUT2D eigenvalue weighted by Crippen LogP contribution is 2.26. The molecule has 0 radical (unpaired) electrons. The molecule has 0 aliphatic heterocycles. The van der Waals surface area contributed by atoms with Crippen molar-refractivity contribution in [2.75, 3.05) is 17.6 Å². The Morgan fingerprint density at radius 2 is 2.12 bits per heavy atom. The van der Waals surface area contributed by atoms with Gasteiger partial charge < -0.3 is 11.1 Å². The van der Waals surface area contributed by atoms with E-state index in [9.17, 15) is 0 Å². The van der Waals surface area contributed by atoms with E-state index in [0.717, 1.165) is 18.7 Å². The van der Waals surface area contributed by atoms with E-state index in [1.54, 1.807) is 12.3 Å². The number of para-hydroxylation sites is 1. The van der Waals surface area contributed by atoms with Crippen LogP contribution < -0.4 is 11.1 Å². The van der Waals surface area contributed by atoms with Crippen molar-refractivity contribution >= 4 is 23.0 Å². The first-order valence-electron chi connectivity index (χ1n) is 5.44. The molecule has 1 aromatic carbocycles. The number of rotatable bonds is 4. The van der Waals surface area contributed by atoms with Crippen LogP contribution in [0.3, 0.4) is 0 Å². The van der Waals surface area contributed by atoms with E-state index in [0.29, 0.717) is 10.7 Å². The molecule has 0 fully saturated rings. The summed E-state index contributed by atoms with van der Waals surface area (Å²) >= 11 is 5.93. The maximum atomic E-state index is 5.93. The van der Waals surface area contributed by atoms with Crippen molar-refractivity contribution in [1.82, 2.24) is 4.98 Å². The zero-order valence-corrected chi connectivity index (χ0v) is 10.1. The summed E-state index contributed by atoms with van der Waals surface area (Å²) in [5.41, 5.74) is 8.52. The van der Waals surface area contributed by atoms with Gasteiger partial charge in [-0.3, -0.25) is 4.98 Å². The Morgan fingerprint density at radius 3 is 2.88 bits per heavy atom. The van der Waals surface area contributed by atoms with Crippen LogP contribution in [-0.2, 0) is 6.42 Å². The third kappa shape index (κ3) is 3.11. The van der Waals surface area contributed by atoms with Crippen LogP contribution in [0.2, 0.25) is 5.02 Å². The Balaban J connectivity index is 1.93. The number of hydrogen-bond donors (Lipinski definition) is 2. The smallest absolute Gasteiger partial charge is 0.0739 e. The van der Waals surface area contributed by atoms with E-state index < -0.39 is 0 Å². The zero-order valence-electron chi connectivity index (χ0n) is 9.36. The Kier molecular flexibility index (Phi) is 3.83. The number of halogens is 1. The molecule has 4 heteroatoms. The second-order valence-electron chi connectivity index (χ2n) is 3.74. The molecule has 0 saturated carbocycles. The van der Waals surface area contributed by atoms with Gasteiger partial charge in [0.2, 0.25) is 0 Å². The summed E-state index contributed by atoms with van der Waals surface area (Å²) in [4.78, 5) is 4.07. The fourth-order valence-electron chi connectivity index (χ4n) is 1.58. The maximum Gasteiger partial charge on any atom is 0.0739 e. The molecule has 17 heavy (non-hydrogen) atoms. The monoisotopic (exact) mass is 247 g/mol. The minimum absolute atomic E-state index is 0.580. The van der Waals surface area contributed by atoms with E-state index in [2.05, 4.69) is 16.4 Å². The molecule has 88 valence electrons. The first kappa shape index (κ1) is 11.7. The Hall–Kier alpha value is -1.74. The van der Waals surface area contributed by atoms with Crippen LogP contribution in [0.15, 0.2) is 42.7 Å². The van der Waals surface area contributed by atoms with Crippen LogP contribution in [-0.4, -0.2) is 11.5 Å². The average Bonchev–Trinajstić information content (AvgIpc) is 2.36. The molecule has 0 amide bonds. The van der Waals surface area contributed by atoms with Gasteiger partial charge in [-0.15, -0.1) is 0 Å². The molecule has 0 aliphatic rings. The van der Waals surface area contributed by atoms with Crippen LogP contribution in [0, 0.1) is 0 Å². The third-order valence-electron chi connectivity index (χ3n) is 2.50. The van der Waals surface area contributed by atoms with Crippen LogP contribution in [0.25, 0.3) is 0 Å². The second-order valence-corrected chi connectivity index (χ2v) is 4.15. The maximum absolute atomic E-state index is 5.93. The van der Waals surface area contributed by atoms with Gasteiger partial charge in [0, 0.05) is 18.9 Å². The minimum Gasteiger partial charge on any atom is -0.396 e. The fourth-order valence-corrected chi connectivity index (χ4v) is 1.75. The van der Waals surface area contributed by atoms with Gasteiger partial charge in [0.05, 0.1) is 16.4 Å². The Labute approximate surface area is 106 Å².